The summed E-state index contributed by atoms with van der Waals surface area (Å²) in [6.07, 6.45) is 3.27. The smallest absolute Gasteiger partial charge is 0.261 e. The van der Waals surface area contributed by atoms with Crippen LogP contribution in [0.5, 0.6) is 0 Å². The van der Waals surface area contributed by atoms with Crippen molar-refractivity contribution in [2.24, 2.45) is 0 Å². The van der Waals surface area contributed by atoms with E-state index in [-0.39, 0.29) is 17.3 Å². The van der Waals surface area contributed by atoms with Crippen LogP contribution >= 0.6 is 23.1 Å². The van der Waals surface area contributed by atoms with Gasteiger partial charge in [-0.05, 0) is 23.6 Å². The third-order valence-electron chi connectivity index (χ3n) is 1.89. The molecule has 0 unspecified atom stereocenters. The van der Waals surface area contributed by atoms with Crippen LogP contribution in [0.1, 0.15) is 0 Å². The zero-order chi connectivity index (χ0) is 10.2. The van der Waals surface area contributed by atoms with Gasteiger partial charge in [-0.25, -0.2) is 8.42 Å². The second-order valence-corrected chi connectivity index (χ2v) is 5.39. The lowest BCUT2D eigenvalue weighted by atomic mass is 10.2. The van der Waals surface area contributed by atoms with Gasteiger partial charge >= 0.3 is 0 Å². The number of nitrogens with zero attached hydrogens (tertiary/aromatic N) is 1. The maximum absolute atomic E-state index is 11.0. The maximum Gasteiger partial charge on any atom is 0.261 e. The van der Waals surface area contributed by atoms with E-state index in [4.69, 9.17) is 10.7 Å². The molecule has 0 saturated carbocycles. The van der Waals surface area contributed by atoms with E-state index < -0.39 is 9.05 Å². The first-order chi connectivity index (χ1) is 6.57. The third kappa shape index (κ3) is 2.59. The first kappa shape index (κ1) is 12.2. The highest BCUT2D eigenvalue weighted by Gasteiger charge is 2.09. The van der Waals surface area contributed by atoms with E-state index in [1.54, 1.807) is 24.5 Å². The molecule has 15 heavy (non-hydrogen) atoms. The van der Waals surface area contributed by atoms with E-state index in [2.05, 4.69) is 4.98 Å². The lowest BCUT2D eigenvalue weighted by molar-refractivity contribution is 0.609. The first-order valence-corrected chi connectivity index (χ1v) is 6.17. The molecular weight excluding hydrogens is 257 g/mol. The van der Waals surface area contributed by atoms with E-state index in [1.165, 1.54) is 12.1 Å². The van der Waals surface area contributed by atoms with E-state index in [1.807, 2.05) is 0 Å². The molecule has 0 saturated heterocycles. The Hall–Kier alpha value is -0.840. The van der Waals surface area contributed by atoms with Crippen LogP contribution in [-0.2, 0) is 9.05 Å². The summed E-state index contributed by atoms with van der Waals surface area (Å²) in [7, 11) is 1.57. The number of benzene rings is 1. The fourth-order valence-electron chi connectivity index (χ4n) is 1.21. The van der Waals surface area contributed by atoms with Gasteiger partial charge in [0, 0.05) is 28.5 Å². The highest BCUT2D eigenvalue weighted by atomic mass is 35.7. The van der Waals surface area contributed by atoms with Gasteiger partial charge in [0.15, 0.2) is 0 Å². The van der Waals surface area contributed by atoms with E-state index >= 15 is 0 Å². The predicted octanol–water partition coefficient (Wildman–Crippen LogP) is 2.58. The summed E-state index contributed by atoms with van der Waals surface area (Å²) in [5.41, 5.74) is 0. The number of aromatic nitrogens is 1. The number of hydrogen-bond donors (Lipinski definition) is 0. The quantitative estimate of drug-likeness (QED) is 0.744. The van der Waals surface area contributed by atoms with Crippen molar-refractivity contribution in [2.45, 2.75) is 4.90 Å². The zero-order valence-corrected chi connectivity index (χ0v) is 9.81. The summed E-state index contributed by atoms with van der Waals surface area (Å²) in [4.78, 5) is 4.03. The third-order valence-corrected chi connectivity index (χ3v) is 3.25. The Morgan fingerprint density at radius 1 is 1.13 bits per heavy atom. The number of halogens is 2. The van der Waals surface area contributed by atoms with Crippen LogP contribution in [0.25, 0.3) is 10.8 Å². The highest BCUT2D eigenvalue weighted by Crippen LogP contribution is 2.20. The average Bonchev–Trinajstić information content (AvgIpc) is 2.16. The highest BCUT2D eigenvalue weighted by molar-refractivity contribution is 8.13. The largest absolute Gasteiger partial charge is 0.264 e. The van der Waals surface area contributed by atoms with Gasteiger partial charge in [0.1, 0.15) is 0 Å². The van der Waals surface area contributed by atoms with Crippen LogP contribution in [-0.4, -0.2) is 13.4 Å². The Labute approximate surface area is 97.9 Å². The van der Waals surface area contributed by atoms with Crippen molar-refractivity contribution in [2.75, 3.05) is 0 Å². The molecule has 80 valence electrons. The van der Waals surface area contributed by atoms with Crippen LogP contribution in [0.2, 0.25) is 0 Å². The standard InChI is InChI=1S/C9H6ClNO2S.ClH/c10-14(12,13)9-2-1-8-6-11-4-3-7(8)5-9;/h1-6H;1H. The summed E-state index contributed by atoms with van der Waals surface area (Å²) in [5, 5.41) is 1.69. The molecule has 1 aromatic heterocycles. The van der Waals surface area contributed by atoms with Gasteiger partial charge in [-0.3, -0.25) is 4.98 Å². The Kier molecular flexibility index (Phi) is 3.54. The molecule has 0 bridgehead atoms. The minimum Gasteiger partial charge on any atom is -0.264 e. The van der Waals surface area contributed by atoms with Crippen LogP contribution in [0.4, 0.5) is 0 Å². The summed E-state index contributed by atoms with van der Waals surface area (Å²) in [6, 6.07) is 6.41. The molecule has 3 nitrogen and oxygen atoms in total. The zero-order valence-electron chi connectivity index (χ0n) is 7.42. The molecule has 0 radical (unpaired) electrons. The molecule has 0 aliphatic rings. The maximum atomic E-state index is 11.0. The lowest BCUT2D eigenvalue weighted by Gasteiger charge is -1.98. The molecule has 0 spiro atoms. The van der Waals surface area contributed by atoms with Crippen molar-refractivity contribution in [3.8, 4) is 0 Å². The fourth-order valence-corrected chi connectivity index (χ4v) is 2.00. The minimum atomic E-state index is -3.64. The van der Waals surface area contributed by atoms with Gasteiger partial charge in [0.25, 0.3) is 9.05 Å². The average molecular weight is 264 g/mol. The molecule has 6 heteroatoms. The van der Waals surface area contributed by atoms with Crippen molar-refractivity contribution in [3.63, 3.8) is 0 Å². The summed E-state index contributed by atoms with van der Waals surface area (Å²) in [5.74, 6) is 0. The SMILES string of the molecule is Cl.O=S(=O)(Cl)c1ccc2cnccc2c1. The molecular formula is C9H7Cl2NO2S. The van der Waals surface area contributed by atoms with Crippen LogP contribution < -0.4 is 0 Å². The number of rotatable bonds is 1. The van der Waals surface area contributed by atoms with Crippen molar-refractivity contribution in [1.82, 2.24) is 4.98 Å². The van der Waals surface area contributed by atoms with Gasteiger partial charge in [-0.1, -0.05) is 6.07 Å². The van der Waals surface area contributed by atoms with Crippen LogP contribution in [0.15, 0.2) is 41.6 Å². The Morgan fingerprint density at radius 3 is 2.53 bits per heavy atom. The molecule has 0 amide bonds. The summed E-state index contributed by atoms with van der Waals surface area (Å²) in [6.45, 7) is 0. The Morgan fingerprint density at radius 2 is 1.87 bits per heavy atom. The van der Waals surface area contributed by atoms with Gasteiger partial charge in [-0.2, -0.15) is 0 Å². The van der Waals surface area contributed by atoms with E-state index in [0.717, 1.165) is 10.8 Å². The van der Waals surface area contributed by atoms with Gasteiger partial charge in [-0.15, -0.1) is 12.4 Å². The summed E-state index contributed by atoms with van der Waals surface area (Å²) >= 11 is 0. The monoisotopic (exact) mass is 263 g/mol. The van der Waals surface area contributed by atoms with Crippen LogP contribution in [0.3, 0.4) is 0 Å². The Balaban J connectivity index is 0.00000112. The second-order valence-electron chi connectivity index (χ2n) is 2.82. The second kappa shape index (κ2) is 4.35. The molecule has 0 aliphatic heterocycles. The van der Waals surface area contributed by atoms with Gasteiger partial charge in [0.05, 0.1) is 4.90 Å². The molecule has 0 atom stereocenters. The van der Waals surface area contributed by atoms with E-state index in [0.29, 0.717) is 0 Å². The van der Waals surface area contributed by atoms with Crippen molar-refractivity contribution < 1.29 is 8.42 Å². The number of pyridine rings is 1. The topological polar surface area (TPSA) is 47.0 Å². The summed E-state index contributed by atoms with van der Waals surface area (Å²) < 4.78 is 22.1. The molecule has 0 fully saturated rings. The normalized spacial score (nSPS) is 11.0. The molecule has 2 rings (SSSR count). The Bertz CT molecular complexity index is 583. The molecule has 2 aromatic rings. The van der Waals surface area contributed by atoms with Crippen molar-refractivity contribution in [1.29, 1.82) is 0 Å². The van der Waals surface area contributed by atoms with Gasteiger partial charge in [0.2, 0.25) is 0 Å². The van der Waals surface area contributed by atoms with Gasteiger partial charge < -0.3 is 0 Å². The van der Waals surface area contributed by atoms with Crippen LogP contribution in [0, 0.1) is 0 Å². The van der Waals surface area contributed by atoms with Crippen molar-refractivity contribution in [3.05, 3.63) is 36.7 Å². The molecule has 1 heterocycles. The fraction of sp³-hybridized carbons (Fsp3) is 0. The molecule has 0 N–H and O–H groups in total. The van der Waals surface area contributed by atoms with E-state index in [9.17, 15) is 8.42 Å². The number of hydrogen-bond acceptors (Lipinski definition) is 3. The minimum absolute atomic E-state index is 0. The number of fused-ring (bicyclic) bond motifs is 1. The predicted molar refractivity (Wildman–Crippen MR) is 62.0 cm³/mol. The van der Waals surface area contributed by atoms with Crippen molar-refractivity contribution >= 4 is 42.9 Å². The lowest BCUT2D eigenvalue weighted by Crippen LogP contribution is -1.89. The molecule has 0 aliphatic carbocycles. The molecule has 1 aromatic carbocycles. The first-order valence-electron chi connectivity index (χ1n) is 3.86.